The second-order valence-corrected chi connectivity index (χ2v) is 5.45. The van der Waals surface area contributed by atoms with Gasteiger partial charge in [-0.05, 0) is 31.5 Å². The standard InChI is InChI=1S/C16H17Cl2N3O4/c1-2-24-16(23)11(9-19)10-20-21-15(22)4-3-7-25-14-6-5-12(17)8-13(14)18/h5-6,8,10,20H,2-4,7H2,1H3,(H,21,22)/b11-10+. The van der Waals surface area contributed by atoms with Gasteiger partial charge in [0.1, 0.15) is 11.8 Å². The van der Waals surface area contributed by atoms with Crippen LogP contribution in [-0.4, -0.2) is 25.1 Å². The van der Waals surface area contributed by atoms with Crippen LogP contribution in [-0.2, 0) is 14.3 Å². The molecule has 0 saturated carbocycles. The molecule has 0 aromatic heterocycles. The topological polar surface area (TPSA) is 100 Å². The lowest BCUT2D eigenvalue weighted by Gasteiger charge is -2.08. The van der Waals surface area contributed by atoms with Crippen molar-refractivity contribution in [2.45, 2.75) is 19.8 Å². The van der Waals surface area contributed by atoms with Gasteiger partial charge in [-0.25, -0.2) is 4.79 Å². The summed E-state index contributed by atoms with van der Waals surface area (Å²) in [7, 11) is 0. The van der Waals surface area contributed by atoms with Gasteiger partial charge in [-0.2, -0.15) is 5.26 Å². The van der Waals surface area contributed by atoms with Crippen LogP contribution in [0.5, 0.6) is 5.75 Å². The zero-order valence-corrected chi connectivity index (χ0v) is 15.0. The first kappa shape index (κ1) is 20.6. The van der Waals surface area contributed by atoms with Gasteiger partial charge in [0.25, 0.3) is 0 Å². The zero-order chi connectivity index (χ0) is 18.7. The van der Waals surface area contributed by atoms with Crippen LogP contribution in [0.3, 0.4) is 0 Å². The van der Waals surface area contributed by atoms with Crippen molar-refractivity contribution in [1.29, 1.82) is 5.26 Å². The molecule has 0 unspecified atom stereocenters. The molecule has 1 aromatic rings. The minimum absolute atomic E-state index is 0.155. The van der Waals surface area contributed by atoms with Crippen LogP contribution in [0.25, 0.3) is 0 Å². The maximum absolute atomic E-state index is 11.6. The molecule has 0 aliphatic heterocycles. The molecule has 1 rings (SSSR count). The van der Waals surface area contributed by atoms with Gasteiger partial charge < -0.3 is 14.9 Å². The van der Waals surface area contributed by atoms with E-state index in [4.69, 9.17) is 33.2 Å². The highest BCUT2D eigenvalue weighted by molar-refractivity contribution is 6.35. The highest BCUT2D eigenvalue weighted by Crippen LogP contribution is 2.27. The van der Waals surface area contributed by atoms with Gasteiger partial charge in [-0.15, -0.1) is 0 Å². The Morgan fingerprint density at radius 1 is 1.36 bits per heavy atom. The Labute approximate surface area is 155 Å². The average molecular weight is 386 g/mol. The van der Waals surface area contributed by atoms with Crippen LogP contribution in [0, 0.1) is 11.3 Å². The van der Waals surface area contributed by atoms with Crippen LogP contribution in [0.15, 0.2) is 30.0 Å². The molecule has 0 aliphatic rings. The molecule has 1 aromatic carbocycles. The van der Waals surface area contributed by atoms with Crippen molar-refractivity contribution in [3.63, 3.8) is 0 Å². The fourth-order valence-electron chi connectivity index (χ4n) is 1.60. The lowest BCUT2D eigenvalue weighted by Crippen LogP contribution is -2.34. The van der Waals surface area contributed by atoms with Crippen LogP contribution in [0.4, 0.5) is 0 Å². The van der Waals surface area contributed by atoms with Crippen LogP contribution in [0.1, 0.15) is 19.8 Å². The lowest BCUT2D eigenvalue weighted by molar-refractivity contribution is -0.138. The summed E-state index contributed by atoms with van der Waals surface area (Å²) in [5.74, 6) is -0.608. The van der Waals surface area contributed by atoms with Crippen molar-refractivity contribution in [3.8, 4) is 11.8 Å². The lowest BCUT2D eigenvalue weighted by atomic mass is 10.3. The predicted molar refractivity (Wildman–Crippen MR) is 92.8 cm³/mol. The Bertz CT molecular complexity index is 686. The first-order chi connectivity index (χ1) is 12.0. The summed E-state index contributed by atoms with van der Waals surface area (Å²) in [5, 5.41) is 9.71. The first-order valence-corrected chi connectivity index (χ1v) is 8.13. The third-order valence-electron chi connectivity index (χ3n) is 2.74. The molecule has 25 heavy (non-hydrogen) atoms. The molecular weight excluding hydrogens is 369 g/mol. The van der Waals surface area contributed by atoms with E-state index in [-0.39, 0.29) is 31.1 Å². The quantitative estimate of drug-likeness (QED) is 0.223. The summed E-state index contributed by atoms with van der Waals surface area (Å²) in [6, 6.07) is 6.54. The van der Waals surface area contributed by atoms with Gasteiger partial charge in [0, 0.05) is 17.6 Å². The number of ether oxygens (including phenoxy) is 2. The molecule has 0 aliphatic carbocycles. The third kappa shape index (κ3) is 7.79. The molecular formula is C16H17Cl2N3O4. The fraction of sp³-hybridized carbons (Fsp3) is 0.312. The Morgan fingerprint density at radius 2 is 2.12 bits per heavy atom. The number of nitrogens with zero attached hydrogens (tertiary/aromatic N) is 1. The maximum Gasteiger partial charge on any atom is 0.350 e. The molecule has 0 atom stereocenters. The van der Waals surface area contributed by atoms with E-state index in [1.807, 2.05) is 0 Å². The smallest absolute Gasteiger partial charge is 0.350 e. The van der Waals surface area contributed by atoms with E-state index in [1.165, 1.54) is 0 Å². The number of benzene rings is 1. The number of hydrogen-bond acceptors (Lipinski definition) is 6. The molecule has 0 saturated heterocycles. The molecule has 1 amide bonds. The van der Waals surface area contributed by atoms with Gasteiger partial charge in [0.05, 0.1) is 18.2 Å². The highest BCUT2D eigenvalue weighted by Gasteiger charge is 2.09. The monoisotopic (exact) mass is 385 g/mol. The van der Waals surface area contributed by atoms with Gasteiger partial charge in [-0.1, -0.05) is 23.2 Å². The van der Waals surface area contributed by atoms with Crippen LogP contribution in [0.2, 0.25) is 10.0 Å². The maximum atomic E-state index is 11.6. The van der Waals surface area contributed by atoms with Crippen LogP contribution < -0.4 is 15.6 Å². The van der Waals surface area contributed by atoms with Crippen molar-refractivity contribution >= 4 is 35.1 Å². The van der Waals surface area contributed by atoms with E-state index in [0.29, 0.717) is 22.2 Å². The molecule has 0 spiro atoms. The number of carbonyl (C=O) groups excluding carboxylic acids is 2. The summed E-state index contributed by atoms with van der Waals surface area (Å²) in [6.45, 7) is 2.07. The number of nitrogens with one attached hydrogen (secondary N) is 2. The normalized spacial score (nSPS) is 10.6. The van der Waals surface area contributed by atoms with Crippen molar-refractivity contribution in [2.24, 2.45) is 0 Å². The molecule has 2 N–H and O–H groups in total. The molecule has 0 fully saturated rings. The number of rotatable bonds is 9. The van der Waals surface area contributed by atoms with E-state index < -0.39 is 5.97 Å². The number of carbonyl (C=O) groups is 2. The van der Waals surface area contributed by atoms with Gasteiger partial charge in [-0.3, -0.25) is 10.2 Å². The number of halogens is 2. The van der Waals surface area contributed by atoms with Crippen molar-refractivity contribution in [2.75, 3.05) is 13.2 Å². The number of nitriles is 1. The molecule has 0 radical (unpaired) electrons. The molecule has 9 heteroatoms. The molecule has 0 heterocycles. The van der Waals surface area contributed by atoms with E-state index in [2.05, 4.69) is 15.6 Å². The van der Waals surface area contributed by atoms with E-state index in [9.17, 15) is 9.59 Å². The number of hydrazine groups is 1. The first-order valence-electron chi connectivity index (χ1n) is 7.37. The number of amides is 1. The van der Waals surface area contributed by atoms with Crippen molar-refractivity contribution in [3.05, 3.63) is 40.0 Å². The summed E-state index contributed by atoms with van der Waals surface area (Å²) in [6.07, 6.45) is 1.69. The Morgan fingerprint density at radius 3 is 2.76 bits per heavy atom. The summed E-state index contributed by atoms with van der Waals surface area (Å²) in [4.78, 5) is 23.0. The second-order valence-electron chi connectivity index (χ2n) is 4.61. The van der Waals surface area contributed by atoms with Crippen molar-refractivity contribution in [1.82, 2.24) is 10.9 Å². The number of esters is 1. The third-order valence-corrected chi connectivity index (χ3v) is 3.27. The summed E-state index contributed by atoms with van der Waals surface area (Å²) < 4.78 is 10.1. The Hall–Kier alpha value is -2.43. The minimum atomic E-state index is -0.764. The SMILES string of the molecule is CCOC(=O)/C(C#N)=C/NNC(=O)CCCOc1ccc(Cl)cc1Cl. The second kappa shape index (κ2) is 11.2. The summed E-state index contributed by atoms with van der Waals surface area (Å²) in [5.41, 5.74) is 4.48. The van der Waals surface area contributed by atoms with Gasteiger partial charge in [0.2, 0.25) is 5.91 Å². The largest absolute Gasteiger partial charge is 0.492 e. The van der Waals surface area contributed by atoms with Gasteiger partial charge >= 0.3 is 5.97 Å². The molecule has 134 valence electrons. The van der Waals surface area contributed by atoms with Crippen LogP contribution >= 0.6 is 23.2 Å². The Kier molecular flexibility index (Phi) is 9.22. The van der Waals surface area contributed by atoms with E-state index in [1.54, 1.807) is 31.2 Å². The fourth-order valence-corrected chi connectivity index (χ4v) is 2.07. The molecule has 0 bridgehead atoms. The van der Waals surface area contributed by atoms with E-state index in [0.717, 1.165) is 6.20 Å². The van der Waals surface area contributed by atoms with Crippen molar-refractivity contribution < 1.29 is 19.1 Å². The molecule has 7 nitrogen and oxygen atoms in total. The highest BCUT2D eigenvalue weighted by atomic mass is 35.5. The zero-order valence-electron chi connectivity index (χ0n) is 13.5. The predicted octanol–water partition coefficient (Wildman–Crippen LogP) is 2.74. The minimum Gasteiger partial charge on any atom is -0.492 e. The van der Waals surface area contributed by atoms with E-state index >= 15 is 0 Å². The number of hydrogen-bond donors (Lipinski definition) is 2. The Balaban J connectivity index is 2.29. The average Bonchev–Trinajstić information content (AvgIpc) is 2.57. The van der Waals surface area contributed by atoms with Gasteiger partial charge in [0.15, 0.2) is 5.57 Å². The summed E-state index contributed by atoms with van der Waals surface area (Å²) >= 11 is 11.7.